The van der Waals surface area contributed by atoms with Crippen molar-refractivity contribution in [3.8, 4) is 5.75 Å². The Kier molecular flexibility index (Phi) is 5.76. The molecule has 1 amide bonds. The minimum atomic E-state index is -0.925. The summed E-state index contributed by atoms with van der Waals surface area (Å²) in [5, 5.41) is 0.520. The summed E-state index contributed by atoms with van der Waals surface area (Å²) >= 11 is 5.81. The summed E-state index contributed by atoms with van der Waals surface area (Å²) < 4.78 is 10.6. The van der Waals surface area contributed by atoms with Crippen molar-refractivity contribution in [2.75, 3.05) is 18.1 Å². The van der Waals surface area contributed by atoms with Gasteiger partial charge in [-0.1, -0.05) is 23.7 Å². The number of halogens is 1. The SMILES string of the molecule is C[C@@H](OC(=O)CCN1C(=O)COc2ccccc21)C(=O)c1ccc(Cl)cc1. The standard InChI is InChI=1S/C20H18ClNO5/c1-13(20(25)14-6-8-15(21)9-7-14)27-19(24)10-11-22-16-4-2-3-5-17(16)26-12-18(22)23/h2-9,13H,10-12H2,1H3/t13-/m1/s1. The number of nitrogens with zero attached hydrogens (tertiary/aromatic N) is 1. The highest BCUT2D eigenvalue weighted by Crippen LogP contribution is 2.31. The van der Waals surface area contributed by atoms with Crippen LogP contribution in [-0.2, 0) is 14.3 Å². The topological polar surface area (TPSA) is 72.9 Å². The number of rotatable bonds is 6. The molecule has 2 aromatic rings. The number of ether oxygens (including phenoxy) is 2. The third-order valence-electron chi connectivity index (χ3n) is 4.15. The predicted molar refractivity (Wildman–Crippen MR) is 100 cm³/mol. The molecule has 0 radical (unpaired) electrons. The van der Waals surface area contributed by atoms with E-state index >= 15 is 0 Å². The molecule has 1 atom stereocenters. The van der Waals surface area contributed by atoms with E-state index in [9.17, 15) is 14.4 Å². The Bertz CT molecular complexity index is 865. The molecule has 2 aromatic carbocycles. The van der Waals surface area contributed by atoms with Gasteiger partial charge in [-0.25, -0.2) is 0 Å². The summed E-state index contributed by atoms with van der Waals surface area (Å²) in [5.41, 5.74) is 1.03. The van der Waals surface area contributed by atoms with E-state index in [1.165, 1.54) is 11.8 Å². The third kappa shape index (κ3) is 4.46. The van der Waals surface area contributed by atoms with E-state index in [0.717, 1.165) is 0 Å². The first-order valence-corrected chi connectivity index (χ1v) is 8.85. The highest BCUT2D eigenvalue weighted by molar-refractivity contribution is 6.30. The first-order chi connectivity index (χ1) is 13.0. The molecular formula is C20H18ClNO5. The molecule has 1 aliphatic rings. The monoisotopic (exact) mass is 387 g/mol. The molecule has 0 saturated heterocycles. The molecule has 140 valence electrons. The van der Waals surface area contributed by atoms with Crippen LogP contribution in [0.25, 0.3) is 0 Å². The number of anilines is 1. The van der Waals surface area contributed by atoms with Crippen molar-refractivity contribution in [1.82, 2.24) is 0 Å². The molecule has 1 aliphatic heterocycles. The Morgan fingerprint density at radius 2 is 1.89 bits per heavy atom. The molecule has 7 heteroatoms. The number of carbonyl (C=O) groups excluding carboxylic acids is 3. The number of esters is 1. The number of amides is 1. The molecule has 0 aromatic heterocycles. The second kappa shape index (κ2) is 8.22. The van der Waals surface area contributed by atoms with Gasteiger partial charge in [-0.05, 0) is 43.3 Å². The van der Waals surface area contributed by atoms with Crippen LogP contribution in [0.15, 0.2) is 48.5 Å². The second-order valence-electron chi connectivity index (χ2n) is 6.06. The van der Waals surface area contributed by atoms with Crippen LogP contribution >= 0.6 is 11.6 Å². The van der Waals surface area contributed by atoms with E-state index in [0.29, 0.717) is 22.0 Å². The van der Waals surface area contributed by atoms with Gasteiger partial charge in [0.25, 0.3) is 5.91 Å². The molecule has 0 unspecified atom stereocenters. The third-order valence-corrected chi connectivity index (χ3v) is 4.41. The zero-order chi connectivity index (χ0) is 19.4. The van der Waals surface area contributed by atoms with Crippen molar-refractivity contribution in [3.05, 3.63) is 59.1 Å². The van der Waals surface area contributed by atoms with Crippen LogP contribution in [0, 0.1) is 0 Å². The molecule has 0 aliphatic carbocycles. The van der Waals surface area contributed by atoms with Gasteiger partial charge >= 0.3 is 5.97 Å². The lowest BCUT2D eigenvalue weighted by molar-refractivity contribution is -0.146. The molecule has 3 rings (SSSR count). The number of hydrogen-bond acceptors (Lipinski definition) is 5. The largest absolute Gasteiger partial charge is 0.482 e. The summed E-state index contributed by atoms with van der Waals surface area (Å²) in [6.45, 7) is 1.60. The van der Waals surface area contributed by atoms with Crippen LogP contribution in [0.1, 0.15) is 23.7 Å². The summed E-state index contributed by atoms with van der Waals surface area (Å²) in [7, 11) is 0. The smallest absolute Gasteiger partial charge is 0.308 e. The summed E-state index contributed by atoms with van der Waals surface area (Å²) in [4.78, 5) is 38.0. The molecule has 6 nitrogen and oxygen atoms in total. The van der Waals surface area contributed by atoms with Crippen molar-refractivity contribution in [2.45, 2.75) is 19.4 Å². The van der Waals surface area contributed by atoms with Crippen molar-refractivity contribution >= 4 is 34.9 Å². The van der Waals surface area contributed by atoms with Crippen LogP contribution in [0.5, 0.6) is 5.75 Å². The van der Waals surface area contributed by atoms with Crippen molar-refractivity contribution in [3.63, 3.8) is 0 Å². The van der Waals surface area contributed by atoms with Crippen molar-refractivity contribution in [1.29, 1.82) is 0 Å². The maximum Gasteiger partial charge on any atom is 0.308 e. The molecule has 0 N–H and O–H groups in total. The fourth-order valence-electron chi connectivity index (χ4n) is 2.76. The molecule has 0 saturated carbocycles. The number of Topliss-reactive ketones (excluding diaryl/α,β-unsaturated/α-hetero) is 1. The maximum atomic E-state index is 12.3. The second-order valence-corrected chi connectivity index (χ2v) is 6.49. The van der Waals surface area contributed by atoms with Gasteiger partial charge in [-0.15, -0.1) is 0 Å². The average Bonchev–Trinajstić information content (AvgIpc) is 2.67. The normalized spacial score (nSPS) is 14.1. The van der Waals surface area contributed by atoms with E-state index in [1.807, 2.05) is 6.07 Å². The van der Waals surface area contributed by atoms with E-state index in [4.69, 9.17) is 21.1 Å². The quantitative estimate of drug-likeness (QED) is 0.562. The number of ketones is 1. The number of fused-ring (bicyclic) bond motifs is 1. The number of carbonyl (C=O) groups is 3. The lowest BCUT2D eigenvalue weighted by Crippen LogP contribution is -2.40. The predicted octanol–water partition coefficient (Wildman–Crippen LogP) is 3.27. The zero-order valence-corrected chi connectivity index (χ0v) is 15.4. The maximum absolute atomic E-state index is 12.3. The van der Waals surface area contributed by atoms with Gasteiger partial charge in [-0.3, -0.25) is 14.4 Å². The Hall–Kier alpha value is -2.86. The summed E-state index contributed by atoms with van der Waals surface area (Å²) in [5.74, 6) is -0.502. The molecule has 0 spiro atoms. The van der Waals surface area contributed by atoms with Crippen LogP contribution in [-0.4, -0.2) is 36.9 Å². The first kappa shape index (κ1) is 18.9. The fraction of sp³-hybridized carbons (Fsp3) is 0.250. The van der Waals surface area contributed by atoms with E-state index in [2.05, 4.69) is 0 Å². The lowest BCUT2D eigenvalue weighted by Gasteiger charge is -2.29. The Morgan fingerprint density at radius 3 is 2.63 bits per heavy atom. The summed E-state index contributed by atoms with van der Waals surface area (Å²) in [6.07, 6.45) is -0.954. The van der Waals surface area contributed by atoms with Crippen molar-refractivity contribution in [2.24, 2.45) is 0 Å². The lowest BCUT2D eigenvalue weighted by atomic mass is 10.1. The average molecular weight is 388 g/mol. The zero-order valence-electron chi connectivity index (χ0n) is 14.7. The van der Waals surface area contributed by atoms with Gasteiger partial charge in [0.2, 0.25) is 5.78 Å². The summed E-state index contributed by atoms with van der Waals surface area (Å²) in [6, 6.07) is 13.5. The number of para-hydroxylation sites is 2. The minimum Gasteiger partial charge on any atom is -0.482 e. The van der Waals surface area contributed by atoms with Gasteiger partial charge in [-0.2, -0.15) is 0 Å². The van der Waals surface area contributed by atoms with E-state index in [1.54, 1.807) is 42.5 Å². The fourth-order valence-corrected chi connectivity index (χ4v) is 2.89. The molecule has 0 fully saturated rings. The molecule has 1 heterocycles. The Balaban J connectivity index is 1.57. The first-order valence-electron chi connectivity index (χ1n) is 8.47. The molecule has 27 heavy (non-hydrogen) atoms. The highest BCUT2D eigenvalue weighted by Gasteiger charge is 2.26. The van der Waals surface area contributed by atoms with Gasteiger partial charge in [0.15, 0.2) is 12.7 Å². The van der Waals surface area contributed by atoms with Crippen LogP contribution in [0.4, 0.5) is 5.69 Å². The molecular weight excluding hydrogens is 370 g/mol. The van der Waals surface area contributed by atoms with E-state index in [-0.39, 0.29) is 31.3 Å². The van der Waals surface area contributed by atoms with E-state index < -0.39 is 12.1 Å². The van der Waals surface area contributed by atoms with Gasteiger partial charge in [0, 0.05) is 17.1 Å². The van der Waals surface area contributed by atoms with Gasteiger partial charge < -0.3 is 14.4 Å². The van der Waals surface area contributed by atoms with Crippen LogP contribution in [0.3, 0.4) is 0 Å². The number of benzene rings is 2. The van der Waals surface area contributed by atoms with Crippen LogP contribution in [0.2, 0.25) is 5.02 Å². The Labute approximate surface area is 161 Å². The Morgan fingerprint density at radius 1 is 1.19 bits per heavy atom. The van der Waals surface area contributed by atoms with Gasteiger partial charge in [0.05, 0.1) is 12.1 Å². The van der Waals surface area contributed by atoms with Crippen LogP contribution < -0.4 is 9.64 Å². The highest BCUT2D eigenvalue weighted by atomic mass is 35.5. The van der Waals surface area contributed by atoms with Crippen molar-refractivity contribution < 1.29 is 23.9 Å². The minimum absolute atomic E-state index is 0.0295. The van der Waals surface area contributed by atoms with Gasteiger partial charge in [0.1, 0.15) is 5.75 Å². The molecule has 0 bridgehead atoms. The number of hydrogen-bond donors (Lipinski definition) is 0.